The molecule has 0 saturated heterocycles. The maximum Gasteiger partial charge on any atom is 0.243 e. The quantitative estimate of drug-likeness (QED) is 0.807. The Hall–Kier alpha value is -1.14. The maximum absolute atomic E-state index is 11.7. The molecule has 0 radical (unpaired) electrons. The molecular weight excluding hydrogens is 280 g/mol. The van der Waals surface area contributed by atoms with Crippen LogP contribution in [0.1, 0.15) is 19.4 Å². The molecule has 0 aliphatic heterocycles. The number of carbonyl (C=O) groups excluding carboxylic acids is 1. The summed E-state index contributed by atoms with van der Waals surface area (Å²) in [6.45, 7) is 4.75. The van der Waals surface area contributed by atoms with Gasteiger partial charge in [-0.15, -0.1) is 12.4 Å². The summed E-state index contributed by atoms with van der Waals surface area (Å²) in [4.78, 5) is 11.7. The summed E-state index contributed by atoms with van der Waals surface area (Å²) in [6.07, 6.45) is 0.200. The molecule has 1 aromatic rings. The minimum absolute atomic E-state index is 0. The zero-order chi connectivity index (χ0) is 14.3. The molecule has 0 fully saturated rings. The van der Waals surface area contributed by atoms with Gasteiger partial charge in [0, 0.05) is 12.8 Å². The molecule has 1 aromatic carbocycles. The van der Waals surface area contributed by atoms with Crippen molar-refractivity contribution in [2.75, 3.05) is 19.0 Å². The van der Waals surface area contributed by atoms with Crippen molar-refractivity contribution >= 4 is 24.0 Å². The number of amides is 1. The van der Waals surface area contributed by atoms with Crippen molar-refractivity contribution in [2.45, 2.75) is 32.6 Å². The Balaban J connectivity index is 0.00000361. The highest BCUT2D eigenvalue weighted by atomic mass is 35.5. The highest BCUT2D eigenvalue weighted by Crippen LogP contribution is 2.11. The lowest BCUT2D eigenvalue weighted by atomic mass is 10.2. The Morgan fingerprint density at radius 3 is 2.40 bits per heavy atom. The van der Waals surface area contributed by atoms with E-state index in [4.69, 9.17) is 15.2 Å². The second kappa shape index (κ2) is 9.72. The van der Waals surface area contributed by atoms with E-state index in [2.05, 4.69) is 5.32 Å². The van der Waals surface area contributed by atoms with E-state index in [9.17, 15) is 4.79 Å². The molecule has 114 valence electrons. The van der Waals surface area contributed by atoms with Crippen molar-refractivity contribution in [1.29, 1.82) is 0 Å². The van der Waals surface area contributed by atoms with Crippen molar-refractivity contribution < 1.29 is 14.3 Å². The number of anilines is 1. The summed E-state index contributed by atoms with van der Waals surface area (Å²) >= 11 is 0. The third kappa shape index (κ3) is 6.86. The molecule has 1 rings (SSSR count). The highest BCUT2D eigenvalue weighted by Gasteiger charge is 2.12. The van der Waals surface area contributed by atoms with Gasteiger partial charge in [0.05, 0.1) is 19.3 Å². The molecule has 0 aromatic heterocycles. The van der Waals surface area contributed by atoms with E-state index in [1.165, 1.54) is 7.11 Å². The van der Waals surface area contributed by atoms with Crippen LogP contribution in [0.25, 0.3) is 0 Å². The van der Waals surface area contributed by atoms with Gasteiger partial charge in [-0.2, -0.15) is 0 Å². The number of ether oxygens (including phenoxy) is 2. The van der Waals surface area contributed by atoms with Gasteiger partial charge in [-0.25, -0.2) is 0 Å². The van der Waals surface area contributed by atoms with Crippen LogP contribution in [0.3, 0.4) is 0 Å². The molecule has 0 saturated carbocycles. The maximum atomic E-state index is 11.7. The number of nitrogens with two attached hydrogens (primary N) is 1. The third-order valence-corrected chi connectivity index (χ3v) is 2.49. The minimum atomic E-state index is -0.658. The first-order chi connectivity index (χ1) is 9.02. The monoisotopic (exact) mass is 302 g/mol. The van der Waals surface area contributed by atoms with Gasteiger partial charge in [-0.3, -0.25) is 4.79 Å². The number of benzene rings is 1. The predicted molar refractivity (Wildman–Crippen MR) is 82.1 cm³/mol. The zero-order valence-corrected chi connectivity index (χ0v) is 12.9. The van der Waals surface area contributed by atoms with Crippen molar-refractivity contribution in [1.82, 2.24) is 0 Å². The fourth-order valence-electron chi connectivity index (χ4n) is 1.44. The number of hydrogen-bond acceptors (Lipinski definition) is 4. The number of hydrogen-bond donors (Lipinski definition) is 2. The zero-order valence-electron chi connectivity index (χ0n) is 12.1. The van der Waals surface area contributed by atoms with Crippen LogP contribution in [0.15, 0.2) is 24.3 Å². The average Bonchev–Trinajstić information content (AvgIpc) is 2.38. The van der Waals surface area contributed by atoms with Crippen LogP contribution in [0.4, 0.5) is 5.69 Å². The summed E-state index contributed by atoms with van der Waals surface area (Å²) in [5.74, 6) is -0.256. The van der Waals surface area contributed by atoms with Crippen LogP contribution < -0.4 is 11.1 Å². The van der Waals surface area contributed by atoms with E-state index in [-0.39, 0.29) is 31.0 Å². The van der Waals surface area contributed by atoms with Gasteiger partial charge in [0.25, 0.3) is 0 Å². The number of nitrogens with one attached hydrogen (secondary N) is 1. The van der Waals surface area contributed by atoms with Gasteiger partial charge in [-0.05, 0) is 31.5 Å². The van der Waals surface area contributed by atoms with Gasteiger partial charge < -0.3 is 20.5 Å². The first-order valence-corrected chi connectivity index (χ1v) is 6.29. The topological polar surface area (TPSA) is 73.6 Å². The first kappa shape index (κ1) is 18.9. The summed E-state index contributed by atoms with van der Waals surface area (Å²) in [5.41, 5.74) is 7.41. The summed E-state index contributed by atoms with van der Waals surface area (Å²) in [7, 11) is 1.51. The normalized spacial score (nSPS) is 11.8. The van der Waals surface area contributed by atoms with E-state index in [0.717, 1.165) is 5.56 Å². The molecule has 3 N–H and O–H groups in total. The number of carbonyl (C=O) groups is 1. The Kier molecular flexibility index (Phi) is 9.16. The first-order valence-electron chi connectivity index (χ1n) is 6.29. The van der Waals surface area contributed by atoms with Gasteiger partial charge in [0.2, 0.25) is 5.91 Å². The standard InChI is InChI=1S/C14H22N2O3.ClH/c1-10(2)19-8-11-4-6-12(7-5-11)16-14(17)13(15)9-18-3;/h4-7,10,13H,8-9,15H2,1-3H3,(H,16,17);1H. The van der Waals surface area contributed by atoms with Crippen LogP contribution in [0.5, 0.6) is 0 Å². The van der Waals surface area contributed by atoms with Crippen molar-refractivity contribution in [3.05, 3.63) is 29.8 Å². The molecule has 20 heavy (non-hydrogen) atoms. The van der Waals surface area contributed by atoms with E-state index in [1.54, 1.807) is 0 Å². The molecule has 1 unspecified atom stereocenters. The van der Waals surface area contributed by atoms with Gasteiger partial charge in [0.1, 0.15) is 6.04 Å². The molecule has 5 nitrogen and oxygen atoms in total. The molecule has 0 heterocycles. The molecule has 0 spiro atoms. The second-order valence-corrected chi connectivity index (χ2v) is 4.61. The fraction of sp³-hybridized carbons (Fsp3) is 0.500. The summed E-state index contributed by atoms with van der Waals surface area (Å²) < 4.78 is 10.3. The lowest BCUT2D eigenvalue weighted by Gasteiger charge is -2.12. The summed E-state index contributed by atoms with van der Waals surface area (Å²) in [6, 6.07) is 6.83. The Labute approximate surface area is 126 Å². The second-order valence-electron chi connectivity index (χ2n) is 4.61. The SMILES string of the molecule is COCC(N)C(=O)Nc1ccc(COC(C)C)cc1.Cl. The Morgan fingerprint density at radius 2 is 1.90 bits per heavy atom. The van der Waals surface area contributed by atoms with Crippen molar-refractivity contribution in [3.8, 4) is 0 Å². The summed E-state index contributed by atoms with van der Waals surface area (Å²) in [5, 5.41) is 2.73. The molecule has 0 aliphatic carbocycles. The molecular formula is C14H23ClN2O3. The van der Waals surface area contributed by atoms with Crippen LogP contribution in [0, 0.1) is 0 Å². The van der Waals surface area contributed by atoms with Gasteiger partial charge >= 0.3 is 0 Å². The third-order valence-electron chi connectivity index (χ3n) is 2.49. The van der Waals surface area contributed by atoms with Crippen molar-refractivity contribution in [3.63, 3.8) is 0 Å². The smallest absolute Gasteiger partial charge is 0.243 e. The van der Waals surface area contributed by atoms with E-state index in [1.807, 2.05) is 38.1 Å². The lowest BCUT2D eigenvalue weighted by Crippen LogP contribution is -2.39. The van der Waals surface area contributed by atoms with Gasteiger partial charge in [0.15, 0.2) is 0 Å². The van der Waals surface area contributed by atoms with Crippen LogP contribution in [0.2, 0.25) is 0 Å². The van der Waals surface area contributed by atoms with E-state index >= 15 is 0 Å². The minimum Gasteiger partial charge on any atom is -0.383 e. The average molecular weight is 303 g/mol. The van der Waals surface area contributed by atoms with E-state index < -0.39 is 6.04 Å². The molecule has 6 heteroatoms. The van der Waals surface area contributed by atoms with E-state index in [0.29, 0.717) is 12.3 Å². The number of methoxy groups -OCH3 is 1. The molecule has 0 aliphatic rings. The fourth-order valence-corrected chi connectivity index (χ4v) is 1.44. The number of halogens is 1. The largest absolute Gasteiger partial charge is 0.383 e. The molecule has 0 bridgehead atoms. The van der Waals surface area contributed by atoms with Crippen LogP contribution in [-0.4, -0.2) is 31.8 Å². The van der Waals surface area contributed by atoms with Crippen LogP contribution >= 0.6 is 12.4 Å². The highest BCUT2D eigenvalue weighted by molar-refractivity contribution is 5.94. The van der Waals surface area contributed by atoms with Crippen molar-refractivity contribution in [2.24, 2.45) is 5.73 Å². The lowest BCUT2D eigenvalue weighted by molar-refractivity contribution is -0.118. The number of rotatable bonds is 7. The molecule has 1 atom stereocenters. The Bertz CT molecular complexity index is 396. The predicted octanol–water partition coefficient (Wildman–Crippen LogP) is 1.95. The molecule has 1 amide bonds. The Morgan fingerprint density at radius 1 is 1.30 bits per heavy atom. The van der Waals surface area contributed by atoms with Gasteiger partial charge in [-0.1, -0.05) is 12.1 Å². The van der Waals surface area contributed by atoms with Crippen LogP contribution in [-0.2, 0) is 20.9 Å².